The summed E-state index contributed by atoms with van der Waals surface area (Å²) in [6, 6.07) is 14.8. The van der Waals surface area contributed by atoms with E-state index in [0.29, 0.717) is 0 Å². The van der Waals surface area contributed by atoms with Gasteiger partial charge in [0, 0.05) is 52.6 Å². The Kier molecular flexibility index (Phi) is 5.88. The van der Waals surface area contributed by atoms with Gasteiger partial charge in [-0.25, -0.2) is 4.52 Å². The van der Waals surface area contributed by atoms with Gasteiger partial charge in [-0.2, -0.15) is 5.10 Å². The van der Waals surface area contributed by atoms with Gasteiger partial charge in [-0.3, -0.25) is 10.1 Å². The molecule has 0 unspecified atom stereocenters. The lowest BCUT2D eigenvalue weighted by atomic mass is 10.1. The van der Waals surface area contributed by atoms with Gasteiger partial charge in [0.2, 0.25) is 0 Å². The van der Waals surface area contributed by atoms with Gasteiger partial charge in [-0.05, 0) is 68.7 Å². The van der Waals surface area contributed by atoms with E-state index in [1.54, 1.807) is 26.4 Å². The Bertz CT molecular complexity index is 1610. The van der Waals surface area contributed by atoms with Crippen LogP contribution in [0.1, 0.15) is 22.6 Å². The predicted octanol–water partition coefficient (Wildman–Crippen LogP) is 6.05. The van der Waals surface area contributed by atoms with Crippen molar-refractivity contribution in [2.75, 3.05) is 14.2 Å². The number of ether oxygens (including phenoxy) is 2. The number of aryl methyl sites for hydroxylation is 4. The van der Waals surface area contributed by atoms with Crippen molar-refractivity contribution in [1.29, 1.82) is 0 Å². The molecule has 5 rings (SSSR count). The van der Waals surface area contributed by atoms with Crippen molar-refractivity contribution in [3.8, 4) is 22.6 Å². The van der Waals surface area contributed by atoms with Crippen LogP contribution in [-0.4, -0.2) is 33.3 Å². The molecule has 0 saturated carbocycles. The lowest BCUT2D eigenvalue weighted by Gasteiger charge is -2.12. The molecule has 0 spiro atoms. The van der Waals surface area contributed by atoms with Crippen LogP contribution in [0.25, 0.3) is 27.4 Å². The molecule has 36 heavy (non-hydrogen) atoms. The molecule has 0 amide bonds. The first-order valence-electron chi connectivity index (χ1n) is 11.8. The fourth-order valence-corrected chi connectivity index (χ4v) is 5.12. The summed E-state index contributed by atoms with van der Waals surface area (Å²) >= 11 is 0. The molecule has 2 aromatic carbocycles. The third-order valence-corrected chi connectivity index (χ3v) is 6.94. The van der Waals surface area contributed by atoms with E-state index in [4.69, 9.17) is 14.6 Å². The van der Waals surface area contributed by atoms with Crippen molar-refractivity contribution in [2.45, 2.75) is 33.7 Å². The van der Waals surface area contributed by atoms with Crippen LogP contribution in [0.3, 0.4) is 0 Å². The molecule has 8 heteroatoms. The molecule has 0 bridgehead atoms. The molecule has 0 atom stereocenters. The van der Waals surface area contributed by atoms with Gasteiger partial charge in [0.05, 0.1) is 30.4 Å². The van der Waals surface area contributed by atoms with Gasteiger partial charge in [-0.15, -0.1) is 0 Å². The first kappa shape index (κ1) is 23.4. The molecule has 0 fully saturated rings. The Balaban J connectivity index is 1.55. The Labute approximate surface area is 208 Å². The lowest BCUT2D eigenvalue weighted by molar-refractivity contribution is -0.384. The van der Waals surface area contributed by atoms with Gasteiger partial charge in [0.25, 0.3) is 5.69 Å². The maximum Gasteiger partial charge on any atom is 0.269 e. The number of nitro benzene ring substituents is 1. The molecule has 184 valence electrons. The van der Waals surface area contributed by atoms with Gasteiger partial charge in [-0.1, -0.05) is 6.07 Å². The first-order valence-corrected chi connectivity index (χ1v) is 11.8. The smallest absolute Gasteiger partial charge is 0.269 e. The van der Waals surface area contributed by atoms with E-state index < -0.39 is 0 Å². The number of hydrogen-bond donors (Lipinski definition) is 0. The number of fused-ring (bicyclic) bond motifs is 3. The molecule has 8 nitrogen and oxygen atoms in total. The van der Waals surface area contributed by atoms with E-state index in [1.807, 2.05) is 29.8 Å². The maximum atomic E-state index is 11.0. The summed E-state index contributed by atoms with van der Waals surface area (Å²) < 4.78 is 15.1. The highest BCUT2D eigenvalue weighted by atomic mass is 16.6. The zero-order valence-corrected chi connectivity index (χ0v) is 21.0. The minimum atomic E-state index is -0.384. The normalized spacial score (nSPS) is 11.4. The van der Waals surface area contributed by atoms with Gasteiger partial charge in [0.15, 0.2) is 11.5 Å². The van der Waals surface area contributed by atoms with Crippen LogP contribution < -0.4 is 9.47 Å². The third kappa shape index (κ3) is 3.84. The van der Waals surface area contributed by atoms with E-state index in [1.165, 1.54) is 39.9 Å². The molecule has 0 aliphatic heterocycles. The number of rotatable bonds is 7. The van der Waals surface area contributed by atoms with Gasteiger partial charge < -0.3 is 14.0 Å². The average molecular weight is 485 g/mol. The number of aromatic nitrogens is 3. The average Bonchev–Trinajstić information content (AvgIpc) is 3.41. The minimum Gasteiger partial charge on any atom is -0.493 e. The predicted molar refractivity (Wildman–Crippen MR) is 140 cm³/mol. The number of methoxy groups -OCH3 is 2. The van der Waals surface area contributed by atoms with Gasteiger partial charge >= 0.3 is 0 Å². The van der Waals surface area contributed by atoms with Crippen LogP contribution in [-0.2, 0) is 13.0 Å². The molecule has 3 aromatic heterocycles. The molecule has 0 saturated heterocycles. The fraction of sp³-hybridized carbons (Fsp3) is 0.250. The summed E-state index contributed by atoms with van der Waals surface area (Å²) in [5, 5.41) is 18.2. The third-order valence-electron chi connectivity index (χ3n) is 6.94. The SMILES string of the molecule is COc1ccc(CCn2c(C)c3c(C)nn4cc(-c5ccc([N+](=O)[O-])cc5)cc4c3c2C)cc1OC. The van der Waals surface area contributed by atoms with Crippen LogP contribution in [0.5, 0.6) is 11.5 Å². The molecule has 0 radical (unpaired) electrons. The van der Waals surface area contributed by atoms with E-state index >= 15 is 0 Å². The monoisotopic (exact) mass is 484 g/mol. The zero-order valence-electron chi connectivity index (χ0n) is 21.0. The molecule has 5 aromatic rings. The Morgan fingerprint density at radius 3 is 2.25 bits per heavy atom. The second-order valence-corrected chi connectivity index (χ2v) is 8.96. The molecule has 0 aliphatic rings. The highest BCUT2D eigenvalue weighted by Crippen LogP contribution is 2.35. The summed E-state index contributed by atoms with van der Waals surface area (Å²) in [5.74, 6) is 1.45. The molecule has 0 aliphatic carbocycles. The summed E-state index contributed by atoms with van der Waals surface area (Å²) in [6.07, 6.45) is 2.83. The van der Waals surface area contributed by atoms with Crippen LogP contribution >= 0.6 is 0 Å². The van der Waals surface area contributed by atoms with Crippen molar-refractivity contribution in [1.82, 2.24) is 14.2 Å². The summed E-state index contributed by atoms with van der Waals surface area (Å²) in [5.41, 5.74) is 7.51. The van der Waals surface area contributed by atoms with E-state index in [0.717, 1.165) is 46.8 Å². The Morgan fingerprint density at radius 1 is 0.889 bits per heavy atom. The minimum absolute atomic E-state index is 0.0805. The summed E-state index contributed by atoms with van der Waals surface area (Å²) in [4.78, 5) is 10.6. The van der Waals surface area contributed by atoms with Gasteiger partial charge in [0.1, 0.15) is 0 Å². The molecular weight excluding hydrogens is 456 g/mol. The fourth-order valence-electron chi connectivity index (χ4n) is 5.12. The Morgan fingerprint density at radius 2 is 1.58 bits per heavy atom. The highest BCUT2D eigenvalue weighted by Gasteiger charge is 2.19. The number of nitro groups is 1. The maximum absolute atomic E-state index is 11.0. The van der Waals surface area contributed by atoms with Crippen LogP contribution in [0.15, 0.2) is 54.7 Å². The topological polar surface area (TPSA) is 83.8 Å². The highest BCUT2D eigenvalue weighted by molar-refractivity contribution is 6.02. The van der Waals surface area contributed by atoms with E-state index in [2.05, 4.69) is 30.5 Å². The van der Waals surface area contributed by atoms with Crippen LogP contribution in [0.4, 0.5) is 5.69 Å². The summed E-state index contributed by atoms with van der Waals surface area (Å²) in [6.45, 7) is 7.17. The molecule has 3 heterocycles. The molecule has 0 N–H and O–H groups in total. The van der Waals surface area contributed by atoms with Crippen molar-refractivity contribution >= 4 is 22.0 Å². The second-order valence-electron chi connectivity index (χ2n) is 8.96. The largest absolute Gasteiger partial charge is 0.493 e. The number of non-ortho nitro benzene ring substituents is 1. The van der Waals surface area contributed by atoms with Crippen molar-refractivity contribution in [3.63, 3.8) is 0 Å². The number of nitrogens with zero attached hydrogens (tertiary/aromatic N) is 4. The standard InChI is InChI=1S/C28H28N4O4/c1-17-27-18(2)30(13-12-20-6-11-25(35-4)26(14-20)36-5)19(3)28(27)24-15-22(16-31(24)29-17)21-7-9-23(10-8-21)32(33)34/h6-11,14-16H,12-13H2,1-5H3. The van der Waals surface area contributed by atoms with Crippen molar-refractivity contribution in [2.24, 2.45) is 0 Å². The van der Waals surface area contributed by atoms with Crippen LogP contribution in [0, 0.1) is 30.9 Å². The van der Waals surface area contributed by atoms with Crippen molar-refractivity contribution < 1.29 is 14.4 Å². The lowest BCUT2D eigenvalue weighted by Crippen LogP contribution is -2.05. The quantitative estimate of drug-likeness (QED) is 0.207. The Hall–Kier alpha value is -4.33. The van der Waals surface area contributed by atoms with E-state index in [9.17, 15) is 10.1 Å². The van der Waals surface area contributed by atoms with E-state index in [-0.39, 0.29) is 10.6 Å². The van der Waals surface area contributed by atoms with Crippen molar-refractivity contribution in [3.05, 3.63) is 87.5 Å². The van der Waals surface area contributed by atoms with Crippen LogP contribution in [0.2, 0.25) is 0 Å². The zero-order chi connectivity index (χ0) is 25.6. The second kappa shape index (κ2) is 9.03. The number of hydrogen-bond acceptors (Lipinski definition) is 5. The number of benzene rings is 2. The first-order chi connectivity index (χ1) is 17.3. The molecular formula is C28H28N4O4. The summed E-state index contributed by atoms with van der Waals surface area (Å²) in [7, 11) is 3.29.